The summed E-state index contributed by atoms with van der Waals surface area (Å²) in [5, 5.41) is 20.2. The SMILES string of the molecule is [2H]C1C2(O)CC3CC(C2)CC1(N(CC(=O)O)C(=O)OC(C)(C)C)C3. The second-order valence-corrected chi connectivity index (χ2v) is 8.60. The van der Waals surface area contributed by atoms with Crippen LogP contribution in [0.25, 0.3) is 0 Å². The molecule has 2 N–H and O–H groups in total. The van der Waals surface area contributed by atoms with Gasteiger partial charge in [-0.05, 0) is 71.1 Å². The van der Waals surface area contributed by atoms with E-state index >= 15 is 0 Å². The Kier molecular flexibility index (Phi) is 3.38. The molecule has 4 rings (SSSR count). The molecule has 4 saturated carbocycles. The molecule has 4 fully saturated rings. The Morgan fingerprint density at radius 3 is 2.30 bits per heavy atom. The molecular weight excluding hydrogens is 298 g/mol. The van der Waals surface area contributed by atoms with Crippen molar-refractivity contribution in [2.45, 2.75) is 76.0 Å². The number of aliphatic hydroxyl groups is 1. The van der Waals surface area contributed by atoms with E-state index in [0.717, 1.165) is 6.42 Å². The van der Waals surface area contributed by atoms with Crippen LogP contribution in [0.15, 0.2) is 0 Å². The van der Waals surface area contributed by atoms with Gasteiger partial charge in [-0.25, -0.2) is 4.79 Å². The summed E-state index contributed by atoms with van der Waals surface area (Å²) < 4.78 is 14.1. The maximum atomic E-state index is 12.7. The van der Waals surface area contributed by atoms with E-state index in [2.05, 4.69) is 0 Å². The highest BCUT2D eigenvalue weighted by atomic mass is 16.6. The Morgan fingerprint density at radius 1 is 1.26 bits per heavy atom. The zero-order valence-electron chi connectivity index (χ0n) is 15.0. The van der Waals surface area contributed by atoms with Gasteiger partial charge in [0, 0.05) is 1.37 Å². The molecule has 0 radical (unpaired) electrons. The number of aliphatic carboxylic acids is 1. The van der Waals surface area contributed by atoms with Crippen molar-refractivity contribution in [2.24, 2.45) is 11.8 Å². The Morgan fingerprint density at radius 2 is 1.83 bits per heavy atom. The van der Waals surface area contributed by atoms with E-state index in [9.17, 15) is 19.8 Å². The van der Waals surface area contributed by atoms with Crippen LogP contribution in [0.4, 0.5) is 4.79 Å². The molecule has 130 valence electrons. The third-order valence-electron chi connectivity index (χ3n) is 5.22. The minimum Gasteiger partial charge on any atom is -0.480 e. The van der Waals surface area contributed by atoms with Crippen LogP contribution in [-0.4, -0.2) is 50.5 Å². The standard InChI is InChI=1S/C17H27NO5/c1-15(2,3)23-14(21)18(9-13(19)20)16-5-11-4-12(6-16)8-17(22,7-11)10-16/h11-12,22H,4-10H2,1-3H3,(H,19,20)/i10D. The number of ether oxygens (including phenoxy) is 1. The number of carbonyl (C=O) groups is 2. The van der Waals surface area contributed by atoms with E-state index in [4.69, 9.17) is 6.11 Å². The lowest BCUT2D eigenvalue weighted by Gasteiger charge is -2.62. The molecule has 6 heteroatoms. The fourth-order valence-electron chi connectivity index (χ4n) is 5.01. The van der Waals surface area contributed by atoms with Gasteiger partial charge in [0.15, 0.2) is 0 Å². The van der Waals surface area contributed by atoms with E-state index in [-0.39, 0.29) is 11.8 Å². The lowest BCUT2D eigenvalue weighted by Crippen LogP contribution is -2.67. The first-order valence-corrected chi connectivity index (χ1v) is 8.32. The van der Waals surface area contributed by atoms with E-state index in [1.54, 1.807) is 20.8 Å². The molecule has 6 nitrogen and oxygen atoms in total. The molecule has 4 aliphatic carbocycles. The lowest BCUT2D eigenvalue weighted by molar-refractivity contribution is -0.176. The van der Waals surface area contributed by atoms with Crippen molar-refractivity contribution in [3.8, 4) is 0 Å². The van der Waals surface area contributed by atoms with Crippen LogP contribution in [0.1, 0.15) is 60.6 Å². The Hall–Kier alpha value is -1.30. The number of carbonyl (C=O) groups excluding carboxylic acids is 1. The summed E-state index contributed by atoms with van der Waals surface area (Å²) in [4.78, 5) is 25.3. The molecular formula is C17H27NO5. The smallest absolute Gasteiger partial charge is 0.411 e. The molecule has 23 heavy (non-hydrogen) atoms. The van der Waals surface area contributed by atoms with Crippen LogP contribution >= 0.6 is 0 Å². The quantitative estimate of drug-likeness (QED) is 0.831. The molecule has 0 aromatic heterocycles. The van der Waals surface area contributed by atoms with Crippen molar-refractivity contribution in [1.29, 1.82) is 0 Å². The summed E-state index contributed by atoms with van der Waals surface area (Å²) in [6, 6.07) is 0. The van der Waals surface area contributed by atoms with Crippen molar-refractivity contribution in [1.82, 2.24) is 4.90 Å². The average Bonchev–Trinajstić information content (AvgIpc) is 2.38. The molecule has 0 spiro atoms. The van der Waals surface area contributed by atoms with Gasteiger partial charge in [0.25, 0.3) is 0 Å². The first-order chi connectivity index (χ1) is 11.0. The van der Waals surface area contributed by atoms with Crippen molar-refractivity contribution in [2.75, 3.05) is 6.54 Å². The minimum atomic E-state index is -1.13. The largest absolute Gasteiger partial charge is 0.480 e. The van der Waals surface area contributed by atoms with Crippen LogP contribution in [0.2, 0.25) is 0 Å². The molecule has 1 amide bonds. The van der Waals surface area contributed by atoms with Gasteiger partial charge in [0.1, 0.15) is 12.1 Å². The van der Waals surface area contributed by atoms with Crippen LogP contribution in [0, 0.1) is 11.8 Å². The molecule has 3 unspecified atom stereocenters. The number of nitrogens with zero attached hydrogens (tertiary/aromatic N) is 1. The average molecular weight is 326 g/mol. The molecule has 4 bridgehead atoms. The molecule has 0 aromatic carbocycles. The van der Waals surface area contributed by atoms with Crippen molar-refractivity contribution >= 4 is 12.1 Å². The second kappa shape index (κ2) is 5.10. The normalized spacial score (nSPS) is 42.3. The predicted octanol–water partition coefficient (Wildman–Crippen LogP) is 2.39. The van der Waals surface area contributed by atoms with Gasteiger partial charge >= 0.3 is 12.1 Å². The third-order valence-corrected chi connectivity index (χ3v) is 5.22. The second-order valence-electron chi connectivity index (χ2n) is 8.60. The number of carboxylic acids is 1. The summed E-state index contributed by atoms with van der Waals surface area (Å²) >= 11 is 0. The molecule has 0 aliphatic heterocycles. The molecule has 0 aromatic rings. The van der Waals surface area contributed by atoms with Gasteiger partial charge < -0.3 is 14.9 Å². The number of hydrogen-bond donors (Lipinski definition) is 2. The van der Waals surface area contributed by atoms with Gasteiger partial charge in [0.2, 0.25) is 0 Å². The predicted molar refractivity (Wildman–Crippen MR) is 82.9 cm³/mol. The van der Waals surface area contributed by atoms with Crippen LogP contribution in [-0.2, 0) is 9.53 Å². The Balaban J connectivity index is 1.97. The Labute approximate surface area is 138 Å². The molecule has 4 aliphatic rings. The molecule has 3 atom stereocenters. The summed E-state index contributed by atoms with van der Waals surface area (Å²) in [5.74, 6) is -0.651. The van der Waals surface area contributed by atoms with Crippen molar-refractivity contribution in [3.05, 3.63) is 0 Å². The topological polar surface area (TPSA) is 87.1 Å². The van der Waals surface area contributed by atoms with E-state index < -0.39 is 41.7 Å². The minimum absolute atomic E-state index is 0.239. The van der Waals surface area contributed by atoms with Gasteiger partial charge in [-0.15, -0.1) is 0 Å². The molecule has 0 heterocycles. The first kappa shape index (κ1) is 15.2. The third kappa shape index (κ3) is 3.18. The van der Waals surface area contributed by atoms with E-state index in [1.165, 1.54) is 4.90 Å². The van der Waals surface area contributed by atoms with Crippen molar-refractivity contribution in [3.63, 3.8) is 0 Å². The van der Waals surface area contributed by atoms with Gasteiger partial charge in [-0.2, -0.15) is 0 Å². The maximum Gasteiger partial charge on any atom is 0.411 e. The van der Waals surface area contributed by atoms with E-state index in [1.807, 2.05) is 0 Å². The number of carboxylic acid groups (broad SMARTS) is 1. The van der Waals surface area contributed by atoms with Crippen LogP contribution in [0.3, 0.4) is 0 Å². The fraction of sp³-hybridized carbons (Fsp3) is 0.882. The van der Waals surface area contributed by atoms with Crippen LogP contribution in [0.5, 0.6) is 0 Å². The summed E-state index contributed by atoms with van der Waals surface area (Å²) in [6.07, 6.45) is 1.70. The monoisotopic (exact) mass is 326 g/mol. The zero-order chi connectivity index (χ0) is 17.9. The number of amides is 1. The fourth-order valence-corrected chi connectivity index (χ4v) is 5.01. The lowest BCUT2D eigenvalue weighted by atomic mass is 9.50. The first-order valence-electron chi connectivity index (χ1n) is 8.90. The molecule has 0 saturated heterocycles. The van der Waals surface area contributed by atoms with Gasteiger partial charge in [-0.1, -0.05) is 0 Å². The summed E-state index contributed by atoms with van der Waals surface area (Å²) in [6.45, 7) is 4.69. The zero-order valence-corrected chi connectivity index (χ0v) is 14.0. The summed E-state index contributed by atoms with van der Waals surface area (Å²) in [7, 11) is 0. The van der Waals surface area contributed by atoms with Gasteiger partial charge in [-0.3, -0.25) is 9.69 Å². The maximum absolute atomic E-state index is 12.7. The summed E-state index contributed by atoms with van der Waals surface area (Å²) in [5.41, 5.74) is -2.81. The number of rotatable bonds is 3. The highest BCUT2D eigenvalue weighted by Gasteiger charge is 2.60. The Bertz CT molecular complexity index is 544. The number of hydrogen-bond acceptors (Lipinski definition) is 4. The highest BCUT2D eigenvalue weighted by Crippen LogP contribution is 2.59. The van der Waals surface area contributed by atoms with Gasteiger partial charge in [0.05, 0.1) is 11.1 Å². The highest BCUT2D eigenvalue weighted by molar-refractivity contribution is 5.77. The van der Waals surface area contributed by atoms with E-state index in [0.29, 0.717) is 25.7 Å². The van der Waals surface area contributed by atoms with Crippen LogP contribution < -0.4 is 0 Å². The van der Waals surface area contributed by atoms with Crippen molar-refractivity contribution < 1.29 is 25.9 Å².